The van der Waals surface area contributed by atoms with Crippen LogP contribution in [0.25, 0.3) is 22.0 Å². The third-order valence-electron chi connectivity index (χ3n) is 5.43. The number of allylic oxidation sites excluding steroid dienone is 2. The van der Waals surface area contributed by atoms with Gasteiger partial charge in [-0.05, 0) is 52.3 Å². The largest absolute Gasteiger partial charge is 0.512 e. The summed E-state index contributed by atoms with van der Waals surface area (Å²) < 4.78 is 0. The molecule has 36 heavy (non-hydrogen) atoms. The molecule has 1 aromatic heterocycles. The standard InChI is InChI=1S/C21H22N.C11H20O2.Ir/c1-14(2)9-17-5-6-20-18(13-17)7-8-22-21(20)19-11-15(3)10-16(4)12-19;1-8(2)5-10(12)7-11(13)6-9(3)4;/h5-8,10-11,13-14H,9H2,1-4H3;7-9,12H,5-6H2,1-4H3;/q-1;;/b;10-7-;. The fourth-order valence-electron chi connectivity index (χ4n) is 4.19. The van der Waals surface area contributed by atoms with E-state index in [1.807, 2.05) is 33.9 Å². The Morgan fingerprint density at radius 1 is 0.944 bits per heavy atom. The van der Waals surface area contributed by atoms with E-state index < -0.39 is 0 Å². The second kappa shape index (κ2) is 15.1. The first-order chi connectivity index (χ1) is 16.4. The fraction of sp³-hybridized carbons (Fsp3) is 0.438. The van der Waals surface area contributed by atoms with Crippen molar-refractivity contribution in [1.29, 1.82) is 0 Å². The van der Waals surface area contributed by atoms with E-state index in [0.29, 0.717) is 30.6 Å². The van der Waals surface area contributed by atoms with E-state index in [0.717, 1.165) is 23.2 Å². The Morgan fingerprint density at radius 3 is 2.19 bits per heavy atom. The van der Waals surface area contributed by atoms with Crippen molar-refractivity contribution in [2.75, 3.05) is 0 Å². The summed E-state index contributed by atoms with van der Waals surface area (Å²) in [5, 5.41) is 11.8. The molecule has 3 nitrogen and oxygen atoms in total. The molecule has 0 atom stereocenters. The molecule has 0 aliphatic carbocycles. The molecule has 0 unspecified atom stereocenters. The smallest absolute Gasteiger partial charge is 0.159 e. The van der Waals surface area contributed by atoms with Gasteiger partial charge in [-0.15, -0.1) is 34.9 Å². The molecular formula is C32H42IrNO2-. The Balaban J connectivity index is 0.000000402. The van der Waals surface area contributed by atoms with Crippen molar-refractivity contribution in [3.05, 3.63) is 77.2 Å². The number of aryl methyl sites for hydroxylation is 2. The summed E-state index contributed by atoms with van der Waals surface area (Å²) >= 11 is 0. The van der Waals surface area contributed by atoms with E-state index in [4.69, 9.17) is 0 Å². The van der Waals surface area contributed by atoms with Crippen LogP contribution < -0.4 is 0 Å². The Bertz CT molecular complexity index is 1140. The Hall–Kier alpha value is -2.29. The summed E-state index contributed by atoms with van der Waals surface area (Å²) in [5.41, 5.74) is 5.91. The minimum absolute atomic E-state index is 0. The zero-order valence-electron chi connectivity index (χ0n) is 23.1. The summed E-state index contributed by atoms with van der Waals surface area (Å²) in [4.78, 5) is 15.8. The van der Waals surface area contributed by atoms with Gasteiger partial charge in [0.25, 0.3) is 0 Å². The molecule has 0 saturated heterocycles. The number of carbonyl (C=O) groups is 1. The maximum absolute atomic E-state index is 11.2. The van der Waals surface area contributed by atoms with Crippen LogP contribution in [0.15, 0.2) is 54.4 Å². The first-order valence-corrected chi connectivity index (χ1v) is 12.8. The van der Waals surface area contributed by atoms with E-state index in [-0.39, 0.29) is 31.6 Å². The first-order valence-electron chi connectivity index (χ1n) is 12.8. The SMILES string of the molecule is CC(C)CC(=O)/C=C(\O)CC(C)C.Cc1[c-]c(-c2nccc3cc(CC(C)C)ccc23)cc(C)c1.[Ir]. The zero-order chi connectivity index (χ0) is 26.1. The molecule has 4 heteroatoms. The quantitative estimate of drug-likeness (QED) is 0.149. The topological polar surface area (TPSA) is 50.2 Å². The summed E-state index contributed by atoms with van der Waals surface area (Å²) in [6, 6.07) is 16.6. The van der Waals surface area contributed by atoms with Gasteiger partial charge in [-0.2, -0.15) is 0 Å². The maximum Gasteiger partial charge on any atom is 0.159 e. The molecular weight excluding hydrogens is 623 g/mol. The molecule has 3 aromatic rings. The van der Waals surface area contributed by atoms with Gasteiger partial charge in [-0.1, -0.05) is 73.6 Å². The van der Waals surface area contributed by atoms with Crippen molar-refractivity contribution in [2.45, 2.75) is 74.7 Å². The molecule has 1 N–H and O–H groups in total. The van der Waals surface area contributed by atoms with Crippen molar-refractivity contribution in [1.82, 2.24) is 4.98 Å². The number of aliphatic hydroxyl groups is 1. The van der Waals surface area contributed by atoms with Crippen LogP contribution in [0.2, 0.25) is 0 Å². The average Bonchev–Trinajstić information content (AvgIpc) is 2.71. The van der Waals surface area contributed by atoms with Gasteiger partial charge in [0.05, 0.1) is 5.76 Å². The van der Waals surface area contributed by atoms with Gasteiger partial charge in [-0.25, -0.2) is 0 Å². The van der Waals surface area contributed by atoms with Crippen molar-refractivity contribution < 1.29 is 30.0 Å². The molecule has 0 bridgehead atoms. The minimum Gasteiger partial charge on any atom is -0.512 e. The van der Waals surface area contributed by atoms with Crippen molar-refractivity contribution in [3.63, 3.8) is 0 Å². The average molecular weight is 665 g/mol. The Morgan fingerprint density at radius 2 is 1.61 bits per heavy atom. The molecule has 197 valence electrons. The van der Waals surface area contributed by atoms with Crippen LogP contribution in [0.1, 0.15) is 71.1 Å². The summed E-state index contributed by atoms with van der Waals surface area (Å²) in [6.07, 6.45) is 5.48. The van der Waals surface area contributed by atoms with Gasteiger partial charge < -0.3 is 10.1 Å². The first kappa shape index (κ1) is 31.7. The molecule has 3 rings (SSSR count). The van der Waals surface area contributed by atoms with Crippen LogP contribution in [-0.2, 0) is 31.3 Å². The third kappa shape index (κ3) is 10.8. The van der Waals surface area contributed by atoms with E-state index >= 15 is 0 Å². The predicted octanol–water partition coefficient (Wildman–Crippen LogP) is 8.60. The van der Waals surface area contributed by atoms with Crippen LogP contribution in [0, 0.1) is 37.7 Å². The number of aromatic nitrogens is 1. The van der Waals surface area contributed by atoms with Crippen LogP contribution >= 0.6 is 0 Å². The number of hydrogen-bond acceptors (Lipinski definition) is 3. The second-order valence-electron chi connectivity index (χ2n) is 10.9. The number of pyridine rings is 1. The second-order valence-corrected chi connectivity index (χ2v) is 10.9. The normalized spacial score (nSPS) is 11.5. The molecule has 2 aromatic carbocycles. The van der Waals surface area contributed by atoms with Gasteiger partial charge in [0.2, 0.25) is 0 Å². The van der Waals surface area contributed by atoms with Crippen LogP contribution in [0.3, 0.4) is 0 Å². The van der Waals surface area contributed by atoms with Crippen molar-refractivity contribution >= 4 is 16.6 Å². The fourth-order valence-corrected chi connectivity index (χ4v) is 4.19. The van der Waals surface area contributed by atoms with E-state index in [1.165, 1.54) is 28.0 Å². The molecule has 0 spiro atoms. The predicted molar refractivity (Wildman–Crippen MR) is 149 cm³/mol. The van der Waals surface area contributed by atoms with Gasteiger partial charge in [0.1, 0.15) is 0 Å². The number of nitrogens with zero attached hydrogens (tertiary/aromatic N) is 1. The van der Waals surface area contributed by atoms with Gasteiger partial charge in [-0.3, -0.25) is 4.79 Å². The molecule has 0 saturated carbocycles. The molecule has 1 heterocycles. The zero-order valence-corrected chi connectivity index (χ0v) is 25.5. The van der Waals surface area contributed by atoms with Crippen LogP contribution in [0.4, 0.5) is 0 Å². The van der Waals surface area contributed by atoms with Crippen LogP contribution in [0.5, 0.6) is 0 Å². The molecule has 0 amide bonds. The third-order valence-corrected chi connectivity index (χ3v) is 5.43. The summed E-state index contributed by atoms with van der Waals surface area (Å²) in [7, 11) is 0. The van der Waals surface area contributed by atoms with E-state index in [9.17, 15) is 9.90 Å². The monoisotopic (exact) mass is 665 g/mol. The number of hydrogen-bond donors (Lipinski definition) is 1. The summed E-state index contributed by atoms with van der Waals surface area (Å²) in [6.45, 7) is 16.7. The number of benzene rings is 2. The Kier molecular flexibility index (Phi) is 13.3. The summed E-state index contributed by atoms with van der Waals surface area (Å²) in [5.74, 6) is 1.65. The Labute approximate surface area is 231 Å². The number of ketones is 1. The van der Waals surface area contributed by atoms with Crippen molar-refractivity contribution in [2.24, 2.45) is 17.8 Å². The number of rotatable bonds is 8. The van der Waals surface area contributed by atoms with E-state index in [1.54, 1.807) is 0 Å². The number of carbonyl (C=O) groups excluding carboxylic acids is 1. The maximum atomic E-state index is 11.2. The van der Waals surface area contributed by atoms with Gasteiger partial charge in [0, 0.05) is 45.2 Å². The van der Waals surface area contributed by atoms with Gasteiger partial charge in [0.15, 0.2) is 5.78 Å². The van der Waals surface area contributed by atoms with E-state index in [2.05, 4.69) is 75.1 Å². The van der Waals surface area contributed by atoms with Crippen molar-refractivity contribution in [3.8, 4) is 11.3 Å². The van der Waals surface area contributed by atoms with Crippen LogP contribution in [-0.4, -0.2) is 15.9 Å². The number of fused-ring (bicyclic) bond motifs is 1. The molecule has 0 aliphatic rings. The molecule has 0 aliphatic heterocycles. The van der Waals surface area contributed by atoms with Gasteiger partial charge >= 0.3 is 0 Å². The molecule has 0 fully saturated rings. The minimum atomic E-state index is 0. The molecule has 1 radical (unpaired) electrons. The number of aliphatic hydroxyl groups excluding tert-OH is 1.